The van der Waals surface area contributed by atoms with Crippen LogP contribution in [0.3, 0.4) is 0 Å². The van der Waals surface area contributed by atoms with Crippen molar-refractivity contribution in [2.24, 2.45) is 0 Å². The molecule has 2 aromatic heterocycles. The van der Waals surface area contributed by atoms with Crippen LogP contribution in [0.2, 0.25) is 0 Å². The van der Waals surface area contributed by atoms with Gasteiger partial charge in [0, 0.05) is 53.4 Å². The number of hydrogen-bond donors (Lipinski definition) is 2. The van der Waals surface area contributed by atoms with Crippen molar-refractivity contribution in [3.63, 3.8) is 0 Å². The summed E-state index contributed by atoms with van der Waals surface area (Å²) in [6.07, 6.45) is 2.92. The van der Waals surface area contributed by atoms with Crippen molar-refractivity contribution in [3.05, 3.63) is 79.0 Å². The lowest BCUT2D eigenvalue weighted by Crippen LogP contribution is -2.37. The highest BCUT2D eigenvalue weighted by Gasteiger charge is 2.13. The molecule has 0 spiro atoms. The number of rotatable bonds is 8. The molecule has 7 nitrogen and oxygen atoms in total. The third-order valence-corrected chi connectivity index (χ3v) is 6.51. The van der Waals surface area contributed by atoms with Gasteiger partial charge in [-0.25, -0.2) is 9.97 Å². The third-order valence-electron chi connectivity index (χ3n) is 6.51. The molecule has 1 fully saturated rings. The maximum absolute atomic E-state index is 6.13. The van der Waals surface area contributed by atoms with Crippen LogP contribution in [0.1, 0.15) is 6.42 Å². The van der Waals surface area contributed by atoms with Crippen molar-refractivity contribution >= 4 is 33.3 Å². The first-order valence-corrected chi connectivity index (χ1v) is 12.5. The van der Waals surface area contributed by atoms with E-state index in [0.29, 0.717) is 12.4 Å². The Morgan fingerprint density at radius 3 is 2.72 bits per heavy atom. The van der Waals surface area contributed by atoms with E-state index in [1.54, 1.807) is 0 Å². The second-order valence-electron chi connectivity index (χ2n) is 9.00. The number of aromatic amines is 1. The molecule has 0 aliphatic carbocycles. The van der Waals surface area contributed by atoms with E-state index in [4.69, 9.17) is 19.4 Å². The molecular weight excluding hydrogens is 450 g/mol. The lowest BCUT2D eigenvalue weighted by Gasteiger charge is -2.26. The number of aromatic nitrogens is 3. The molecule has 0 unspecified atom stereocenters. The van der Waals surface area contributed by atoms with Crippen LogP contribution < -0.4 is 10.1 Å². The van der Waals surface area contributed by atoms with Gasteiger partial charge in [0.15, 0.2) is 5.82 Å². The highest BCUT2D eigenvalue weighted by molar-refractivity contribution is 5.94. The van der Waals surface area contributed by atoms with Crippen molar-refractivity contribution < 1.29 is 9.47 Å². The molecule has 0 radical (unpaired) electrons. The summed E-state index contributed by atoms with van der Waals surface area (Å²) in [4.78, 5) is 15.5. The molecule has 6 rings (SSSR count). The number of ether oxygens (including phenoxy) is 2. The summed E-state index contributed by atoms with van der Waals surface area (Å²) >= 11 is 0. The van der Waals surface area contributed by atoms with Gasteiger partial charge in [-0.1, -0.05) is 30.3 Å². The molecule has 7 heteroatoms. The van der Waals surface area contributed by atoms with Crippen LogP contribution in [0.4, 0.5) is 11.5 Å². The molecule has 1 aliphatic heterocycles. The van der Waals surface area contributed by atoms with E-state index in [-0.39, 0.29) is 0 Å². The molecule has 0 saturated carbocycles. The van der Waals surface area contributed by atoms with Crippen molar-refractivity contribution in [2.75, 3.05) is 44.8 Å². The highest BCUT2D eigenvalue weighted by atomic mass is 16.5. The minimum Gasteiger partial charge on any atom is -0.494 e. The largest absolute Gasteiger partial charge is 0.494 e. The van der Waals surface area contributed by atoms with Gasteiger partial charge >= 0.3 is 0 Å². The molecule has 0 amide bonds. The Kier molecular flexibility index (Phi) is 6.48. The van der Waals surface area contributed by atoms with Crippen LogP contribution in [0, 0.1) is 0 Å². The average molecular weight is 480 g/mol. The van der Waals surface area contributed by atoms with E-state index in [9.17, 15) is 0 Å². The monoisotopic (exact) mass is 479 g/mol. The van der Waals surface area contributed by atoms with Crippen LogP contribution in [0.15, 0.2) is 79.0 Å². The lowest BCUT2D eigenvalue weighted by atomic mass is 10.1. The Balaban J connectivity index is 1.27. The molecule has 3 aromatic carbocycles. The average Bonchev–Trinajstić information content (AvgIpc) is 3.40. The molecule has 0 atom stereocenters. The van der Waals surface area contributed by atoms with E-state index in [1.807, 2.05) is 54.7 Å². The first-order valence-electron chi connectivity index (χ1n) is 12.5. The van der Waals surface area contributed by atoms with Gasteiger partial charge in [0.25, 0.3) is 0 Å². The van der Waals surface area contributed by atoms with Gasteiger partial charge in [-0.05, 0) is 48.9 Å². The second-order valence-corrected chi connectivity index (χ2v) is 9.00. The van der Waals surface area contributed by atoms with Crippen LogP contribution >= 0.6 is 0 Å². The van der Waals surface area contributed by atoms with Crippen LogP contribution in [-0.4, -0.2) is 59.3 Å². The third kappa shape index (κ3) is 5.03. The van der Waals surface area contributed by atoms with Gasteiger partial charge < -0.3 is 19.8 Å². The molecule has 2 N–H and O–H groups in total. The van der Waals surface area contributed by atoms with Crippen molar-refractivity contribution in [3.8, 4) is 17.1 Å². The Bertz CT molecular complexity index is 1460. The van der Waals surface area contributed by atoms with Crippen molar-refractivity contribution in [1.29, 1.82) is 0 Å². The van der Waals surface area contributed by atoms with Gasteiger partial charge in [0.05, 0.1) is 25.3 Å². The van der Waals surface area contributed by atoms with E-state index >= 15 is 0 Å². The SMILES string of the molecule is c1ccc(-c2nc(Nc3ccc4[nH]ccc4c3)c3cc(OCCCN4CCOCC4)ccc3n2)cc1. The fourth-order valence-corrected chi connectivity index (χ4v) is 4.58. The first-order chi connectivity index (χ1) is 17.8. The topological polar surface area (TPSA) is 75.3 Å². The fraction of sp³-hybridized carbons (Fsp3) is 0.241. The Labute approximate surface area is 210 Å². The van der Waals surface area contributed by atoms with Gasteiger partial charge in [-0.15, -0.1) is 0 Å². The van der Waals surface area contributed by atoms with Gasteiger partial charge in [0.1, 0.15) is 11.6 Å². The summed E-state index contributed by atoms with van der Waals surface area (Å²) in [6.45, 7) is 5.33. The Morgan fingerprint density at radius 1 is 0.944 bits per heavy atom. The molecule has 3 heterocycles. The molecule has 5 aromatic rings. The zero-order chi connectivity index (χ0) is 24.2. The minimum atomic E-state index is 0.665. The number of nitrogens with one attached hydrogen (secondary N) is 2. The number of hydrogen-bond acceptors (Lipinski definition) is 6. The minimum absolute atomic E-state index is 0.665. The number of benzene rings is 3. The molecule has 1 aliphatic rings. The first kappa shape index (κ1) is 22.5. The molecule has 1 saturated heterocycles. The molecular formula is C29H29N5O2. The summed E-state index contributed by atoms with van der Waals surface area (Å²) in [6, 6.07) is 24.4. The van der Waals surface area contributed by atoms with Crippen LogP contribution in [0.25, 0.3) is 33.2 Å². The molecule has 36 heavy (non-hydrogen) atoms. The zero-order valence-electron chi connectivity index (χ0n) is 20.1. The zero-order valence-corrected chi connectivity index (χ0v) is 20.1. The summed E-state index contributed by atoms with van der Waals surface area (Å²) < 4.78 is 11.6. The van der Waals surface area contributed by atoms with Gasteiger partial charge in [-0.2, -0.15) is 0 Å². The molecule has 0 bridgehead atoms. The fourth-order valence-electron chi connectivity index (χ4n) is 4.58. The number of H-pyrrole nitrogens is 1. The van der Waals surface area contributed by atoms with Gasteiger partial charge in [-0.3, -0.25) is 4.90 Å². The van der Waals surface area contributed by atoms with E-state index in [0.717, 1.165) is 83.9 Å². The smallest absolute Gasteiger partial charge is 0.162 e. The van der Waals surface area contributed by atoms with E-state index < -0.39 is 0 Å². The number of morpholine rings is 1. The summed E-state index contributed by atoms with van der Waals surface area (Å²) in [5.74, 6) is 2.27. The second kappa shape index (κ2) is 10.4. The standard InChI is InChI=1S/C29H29N5O2/c1-2-5-21(6-3-1)28-32-27-10-8-24(36-16-4-13-34-14-17-35-18-15-34)20-25(27)29(33-28)31-23-7-9-26-22(19-23)11-12-30-26/h1-3,5-12,19-20,30H,4,13-18H2,(H,31,32,33). The maximum atomic E-state index is 6.13. The van der Waals surface area contributed by atoms with Crippen LogP contribution in [-0.2, 0) is 4.74 Å². The van der Waals surface area contributed by atoms with Crippen LogP contribution in [0.5, 0.6) is 5.75 Å². The molecule has 182 valence electrons. The number of anilines is 2. The van der Waals surface area contributed by atoms with Crippen molar-refractivity contribution in [1.82, 2.24) is 19.9 Å². The summed E-state index contributed by atoms with van der Waals surface area (Å²) in [7, 11) is 0. The quantitative estimate of drug-likeness (QED) is 0.281. The van der Waals surface area contributed by atoms with Gasteiger partial charge in [0.2, 0.25) is 0 Å². The lowest BCUT2D eigenvalue weighted by molar-refractivity contribution is 0.0358. The summed E-state index contributed by atoms with van der Waals surface area (Å²) in [5, 5.41) is 5.61. The predicted molar refractivity (Wildman–Crippen MR) is 144 cm³/mol. The highest BCUT2D eigenvalue weighted by Crippen LogP contribution is 2.31. The predicted octanol–water partition coefficient (Wildman–Crippen LogP) is 5.62. The Morgan fingerprint density at radius 2 is 1.83 bits per heavy atom. The summed E-state index contributed by atoms with van der Waals surface area (Å²) in [5.41, 5.74) is 3.92. The van der Waals surface area contributed by atoms with E-state index in [1.165, 1.54) is 0 Å². The Hall–Kier alpha value is -3.94. The maximum Gasteiger partial charge on any atom is 0.162 e. The van der Waals surface area contributed by atoms with Crippen molar-refractivity contribution in [2.45, 2.75) is 6.42 Å². The number of fused-ring (bicyclic) bond motifs is 2. The van der Waals surface area contributed by atoms with E-state index in [2.05, 4.69) is 39.5 Å². The number of nitrogens with zero attached hydrogens (tertiary/aromatic N) is 3. The normalized spacial score (nSPS) is 14.3.